The molecule has 0 aliphatic rings. The van der Waals surface area contributed by atoms with Gasteiger partial charge in [0, 0.05) is 16.6 Å². The Morgan fingerprint density at radius 2 is 1.75 bits per heavy atom. The number of benzene rings is 2. The summed E-state index contributed by atoms with van der Waals surface area (Å²) in [6.45, 7) is 0.263. The molecule has 0 saturated heterocycles. The molecule has 20 heavy (non-hydrogen) atoms. The Labute approximate surface area is 126 Å². The molecule has 0 aliphatic carbocycles. The molecule has 104 valence electrons. The summed E-state index contributed by atoms with van der Waals surface area (Å²) in [5, 5.41) is 3.62. The van der Waals surface area contributed by atoms with Gasteiger partial charge in [-0.05, 0) is 35.4 Å². The van der Waals surface area contributed by atoms with Gasteiger partial charge in [-0.25, -0.2) is 4.39 Å². The van der Waals surface area contributed by atoms with E-state index in [1.807, 2.05) is 0 Å². The summed E-state index contributed by atoms with van der Waals surface area (Å²) in [6, 6.07) is 11.2. The summed E-state index contributed by atoms with van der Waals surface area (Å²) in [5.41, 5.74) is 1.29. The molecule has 0 heterocycles. The van der Waals surface area contributed by atoms with Crippen LogP contribution in [0, 0.1) is 5.82 Å². The molecule has 2 aromatic rings. The van der Waals surface area contributed by atoms with E-state index in [0.29, 0.717) is 21.2 Å². The van der Waals surface area contributed by atoms with Crippen LogP contribution in [0.3, 0.4) is 0 Å². The number of amides is 1. The van der Waals surface area contributed by atoms with Crippen molar-refractivity contribution in [3.8, 4) is 0 Å². The number of carbonyl (C=O) groups excluding carboxylic acids is 1. The first-order chi connectivity index (χ1) is 9.56. The van der Waals surface area contributed by atoms with Crippen molar-refractivity contribution in [3.05, 3.63) is 69.5 Å². The molecule has 0 fully saturated rings. The van der Waals surface area contributed by atoms with Crippen molar-refractivity contribution in [2.45, 2.75) is 13.0 Å². The Kier molecular flexibility index (Phi) is 4.99. The van der Waals surface area contributed by atoms with E-state index in [9.17, 15) is 9.18 Å². The minimum Gasteiger partial charge on any atom is -0.352 e. The average Bonchev–Trinajstić information content (AvgIpc) is 2.41. The molecule has 0 aliphatic heterocycles. The highest BCUT2D eigenvalue weighted by atomic mass is 35.5. The second kappa shape index (κ2) is 6.73. The Morgan fingerprint density at radius 1 is 1.10 bits per heavy atom. The molecule has 0 bridgehead atoms. The molecular weight excluding hydrogens is 300 g/mol. The fourth-order valence-corrected chi connectivity index (χ4v) is 2.30. The standard InChI is InChI=1S/C15H12Cl2FNO/c16-13-5-2-6-14(17)12(13)8-15(20)19-9-10-3-1-4-11(18)7-10/h1-7H,8-9H2,(H,19,20). The van der Waals surface area contributed by atoms with Crippen LogP contribution in [-0.4, -0.2) is 5.91 Å². The monoisotopic (exact) mass is 311 g/mol. The number of hydrogen-bond donors (Lipinski definition) is 1. The van der Waals surface area contributed by atoms with Gasteiger partial charge < -0.3 is 5.32 Å². The predicted octanol–water partition coefficient (Wildman–Crippen LogP) is 3.99. The van der Waals surface area contributed by atoms with Crippen LogP contribution in [0.4, 0.5) is 4.39 Å². The maximum atomic E-state index is 13.0. The van der Waals surface area contributed by atoms with Crippen molar-refractivity contribution in [2.24, 2.45) is 0 Å². The molecule has 1 N–H and O–H groups in total. The number of rotatable bonds is 4. The zero-order chi connectivity index (χ0) is 14.5. The summed E-state index contributed by atoms with van der Waals surface area (Å²) in [6.07, 6.45) is 0.0911. The Balaban J connectivity index is 1.96. The van der Waals surface area contributed by atoms with Crippen molar-refractivity contribution in [1.29, 1.82) is 0 Å². The van der Waals surface area contributed by atoms with Gasteiger partial charge in [-0.2, -0.15) is 0 Å². The highest BCUT2D eigenvalue weighted by Crippen LogP contribution is 2.24. The van der Waals surface area contributed by atoms with Crippen LogP contribution < -0.4 is 5.32 Å². The number of carbonyl (C=O) groups is 1. The SMILES string of the molecule is O=C(Cc1c(Cl)cccc1Cl)NCc1cccc(F)c1. The van der Waals surface area contributed by atoms with Crippen LogP contribution in [0.1, 0.15) is 11.1 Å². The van der Waals surface area contributed by atoms with Gasteiger partial charge in [0.1, 0.15) is 5.82 Å². The smallest absolute Gasteiger partial charge is 0.224 e. The van der Waals surface area contributed by atoms with E-state index in [4.69, 9.17) is 23.2 Å². The quantitative estimate of drug-likeness (QED) is 0.908. The summed E-state index contributed by atoms with van der Waals surface area (Å²) < 4.78 is 13.0. The van der Waals surface area contributed by atoms with Crippen molar-refractivity contribution < 1.29 is 9.18 Å². The van der Waals surface area contributed by atoms with Gasteiger partial charge in [0.15, 0.2) is 0 Å². The Bertz CT molecular complexity index is 611. The van der Waals surface area contributed by atoms with E-state index in [0.717, 1.165) is 0 Å². The Morgan fingerprint density at radius 3 is 2.40 bits per heavy atom. The van der Waals surface area contributed by atoms with Gasteiger partial charge in [0.2, 0.25) is 5.91 Å². The third-order valence-corrected chi connectivity index (χ3v) is 3.49. The number of hydrogen-bond acceptors (Lipinski definition) is 1. The lowest BCUT2D eigenvalue weighted by atomic mass is 10.1. The highest BCUT2D eigenvalue weighted by Gasteiger charge is 2.10. The fourth-order valence-electron chi connectivity index (χ4n) is 1.77. The molecule has 0 atom stereocenters. The summed E-state index contributed by atoms with van der Waals surface area (Å²) in [7, 11) is 0. The second-order valence-electron chi connectivity index (χ2n) is 4.28. The normalized spacial score (nSPS) is 10.3. The molecule has 0 saturated carbocycles. The first-order valence-corrected chi connectivity index (χ1v) is 6.76. The molecule has 0 spiro atoms. The maximum absolute atomic E-state index is 13.0. The topological polar surface area (TPSA) is 29.1 Å². The van der Waals surface area contributed by atoms with Crippen LogP contribution in [0.25, 0.3) is 0 Å². The molecule has 0 radical (unpaired) electrons. The van der Waals surface area contributed by atoms with Gasteiger partial charge in [-0.3, -0.25) is 4.79 Å². The van der Waals surface area contributed by atoms with Crippen LogP contribution >= 0.6 is 23.2 Å². The predicted molar refractivity (Wildman–Crippen MR) is 78.4 cm³/mol. The molecule has 2 nitrogen and oxygen atoms in total. The zero-order valence-electron chi connectivity index (χ0n) is 10.5. The van der Waals surface area contributed by atoms with Gasteiger partial charge in [0.25, 0.3) is 0 Å². The molecule has 2 aromatic carbocycles. The van der Waals surface area contributed by atoms with E-state index < -0.39 is 0 Å². The Hall–Kier alpha value is -1.58. The molecule has 0 aromatic heterocycles. The molecule has 2 rings (SSSR count). The van der Waals surface area contributed by atoms with Crippen molar-refractivity contribution >= 4 is 29.1 Å². The van der Waals surface area contributed by atoms with E-state index in [-0.39, 0.29) is 24.7 Å². The van der Waals surface area contributed by atoms with E-state index in [1.165, 1.54) is 12.1 Å². The minimum atomic E-state index is -0.328. The first kappa shape index (κ1) is 14.8. The third-order valence-electron chi connectivity index (χ3n) is 2.78. The van der Waals surface area contributed by atoms with E-state index in [1.54, 1.807) is 30.3 Å². The summed E-state index contributed by atoms with van der Waals surface area (Å²) in [4.78, 5) is 11.9. The van der Waals surface area contributed by atoms with Crippen LogP contribution in [0.2, 0.25) is 10.0 Å². The first-order valence-electron chi connectivity index (χ1n) is 6.00. The molecule has 0 unspecified atom stereocenters. The van der Waals surface area contributed by atoms with Crippen LogP contribution in [0.15, 0.2) is 42.5 Å². The highest BCUT2D eigenvalue weighted by molar-refractivity contribution is 6.36. The average molecular weight is 312 g/mol. The third kappa shape index (κ3) is 3.95. The van der Waals surface area contributed by atoms with Gasteiger partial charge >= 0.3 is 0 Å². The van der Waals surface area contributed by atoms with E-state index in [2.05, 4.69) is 5.32 Å². The molecular formula is C15H12Cl2FNO. The molecule has 5 heteroatoms. The fraction of sp³-hybridized carbons (Fsp3) is 0.133. The lowest BCUT2D eigenvalue weighted by Crippen LogP contribution is -2.24. The lowest BCUT2D eigenvalue weighted by Gasteiger charge is -2.08. The largest absolute Gasteiger partial charge is 0.352 e. The second-order valence-corrected chi connectivity index (χ2v) is 5.10. The zero-order valence-corrected chi connectivity index (χ0v) is 12.0. The van der Waals surface area contributed by atoms with Crippen molar-refractivity contribution in [1.82, 2.24) is 5.32 Å². The summed E-state index contributed by atoms with van der Waals surface area (Å²) >= 11 is 12.0. The van der Waals surface area contributed by atoms with Gasteiger partial charge in [-0.15, -0.1) is 0 Å². The lowest BCUT2D eigenvalue weighted by molar-refractivity contribution is -0.120. The van der Waals surface area contributed by atoms with Crippen molar-refractivity contribution in [2.75, 3.05) is 0 Å². The maximum Gasteiger partial charge on any atom is 0.224 e. The minimum absolute atomic E-state index is 0.0911. The van der Waals surface area contributed by atoms with Crippen LogP contribution in [-0.2, 0) is 17.8 Å². The van der Waals surface area contributed by atoms with Crippen LogP contribution in [0.5, 0.6) is 0 Å². The van der Waals surface area contributed by atoms with Gasteiger partial charge in [-0.1, -0.05) is 41.4 Å². The number of halogens is 3. The molecule has 1 amide bonds. The van der Waals surface area contributed by atoms with E-state index >= 15 is 0 Å². The van der Waals surface area contributed by atoms with Crippen molar-refractivity contribution in [3.63, 3.8) is 0 Å². The number of nitrogens with one attached hydrogen (secondary N) is 1. The van der Waals surface area contributed by atoms with Gasteiger partial charge in [0.05, 0.1) is 6.42 Å². The summed E-state index contributed by atoms with van der Waals surface area (Å²) in [5.74, 6) is -0.546.